The molecule has 1 aliphatic heterocycles. The highest BCUT2D eigenvalue weighted by Gasteiger charge is 2.45. The number of methoxy groups -OCH3 is 1. The molecule has 148 valence electrons. The molecule has 4 rings (SSSR count). The number of hydrogen-bond acceptors (Lipinski definition) is 5. The number of amides is 1. The Hall–Kier alpha value is -3.13. The molecule has 1 atom stereocenters. The van der Waals surface area contributed by atoms with Crippen LogP contribution in [0.3, 0.4) is 0 Å². The molecule has 0 aliphatic carbocycles. The van der Waals surface area contributed by atoms with Gasteiger partial charge >= 0.3 is 11.3 Å². The highest BCUT2D eigenvalue weighted by Crippen LogP contribution is 2.38. The first-order chi connectivity index (χ1) is 14.1. The number of para-hydroxylation sites is 1. The van der Waals surface area contributed by atoms with E-state index in [1.807, 2.05) is 61.7 Å². The third kappa shape index (κ3) is 3.19. The fraction of sp³-hybridized carbons (Fsp3) is 0.238. The Balaban J connectivity index is 2.08. The number of carbonyl (C=O) groups excluding carboxylic acids is 1. The van der Waals surface area contributed by atoms with Gasteiger partial charge in [-0.05, 0) is 41.3 Å². The molecule has 7 nitrogen and oxygen atoms in total. The average Bonchev–Trinajstić information content (AvgIpc) is 2.77. The molecule has 2 aromatic carbocycles. The van der Waals surface area contributed by atoms with Crippen LogP contribution in [-0.2, 0) is 4.79 Å². The minimum absolute atomic E-state index is 0.0591. The molecular weight excluding hydrogens is 388 g/mol. The summed E-state index contributed by atoms with van der Waals surface area (Å²) < 4.78 is 7.04. The maximum absolute atomic E-state index is 13.1. The number of fused-ring (bicyclic) bond motifs is 3. The molecule has 29 heavy (non-hydrogen) atoms. The number of nitrogens with zero attached hydrogens (tertiary/aromatic N) is 3. The van der Waals surface area contributed by atoms with Gasteiger partial charge in [0.25, 0.3) is 6.17 Å². The van der Waals surface area contributed by atoms with Crippen LogP contribution in [0, 0.1) is 0 Å². The van der Waals surface area contributed by atoms with Crippen LogP contribution in [0.2, 0.25) is 0 Å². The van der Waals surface area contributed by atoms with E-state index < -0.39 is 6.17 Å². The number of anilines is 1. The first-order valence-corrected chi connectivity index (χ1v) is 10.5. The van der Waals surface area contributed by atoms with E-state index in [1.165, 1.54) is 11.8 Å². The molecule has 0 bridgehead atoms. The van der Waals surface area contributed by atoms with Crippen LogP contribution >= 0.6 is 11.8 Å². The second kappa shape index (κ2) is 7.71. The Bertz CT molecular complexity index is 1140. The van der Waals surface area contributed by atoms with E-state index in [0.29, 0.717) is 34.3 Å². The molecule has 1 N–H and O–H groups in total. The predicted octanol–water partition coefficient (Wildman–Crippen LogP) is 2.76. The number of aromatic nitrogens is 3. The molecule has 0 saturated carbocycles. The largest absolute Gasteiger partial charge is 0.497 e. The molecule has 1 aromatic heterocycles. The lowest BCUT2D eigenvalue weighted by molar-refractivity contribution is -0.763. The number of aromatic amines is 1. The van der Waals surface area contributed by atoms with Crippen molar-refractivity contribution in [3.63, 3.8) is 0 Å². The molecule has 3 aromatic rings. The van der Waals surface area contributed by atoms with Crippen molar-refractivity contribution in [1.82, 2.24) is 10.1 Å². The number of benzene rings is 2. The molecule has 0 unspecified atom stereocenters. The number of rotatable bonds is 4. The Morgan fingerprint density at radius 1 is 1.28 bits per heavy atom. The van der Waals surface area contributed by atoms with Gasteiger partial charge in [0, 0.05) is 17.1 Å². The van der Waals surface area contributed by atoms with Crippen LogP contribution in [0.4, 0.5) is 5.69 Å². The summed E-state index contributed by atoms with van der Waals surface area (Å²) in [5.74, 6) is 0.610. The Kier molecular flexibility index (Phi) is 5.10. The number of ether oxygens (including phenoxy) is 1. The van der Waals surface area contributed by atoms with Gasteiger partial charge in [-0.3, -0.25) is 14.6 Å². The van der Waals surface area contributed by atoms with Crippen molar-refractivity contribution >= 4 is 23.4 Å². The number of nitrogens with one attached hydrogen (secondary N) is 1. The summed E-state index contributed by atoms with van der Waals surface area (Å²) in [6.07, 6.45) is 1.57. The van der Waals surface area contributed by atoms with Crippen molar-refractivity contribution in [2.24, 2.45) is 0 Å². The van der Waals surface area contributed by atoms with Gasteiger partial charge in [0.1, 0.15) is 5.75 Å². The lowest BCUT2D eigenvalue weighted by atomic mass is 10.0. The first-order valence-electron chi connectivity index (χ1n) is 9.24. The highest BCUT2D eigenvalue weighted by molar-refractivity contribution is 7.98. The second-order valence-electron chi connectivity index (χ2n) is 6.54. The van der Waals surface area contributed by atoms with E-state index in [4.69, 9.17) is 4.74 Å². The molecule has 1 aliphatic rings. The lowest BCUT2D eigenvalue weighted by Crippen LogP contribution is -2.60. The van der Waals surface area contributed by atoms with Crippen LogP contribution in [0.25, 0.3) is 11.3 Å². The van der Waals surface area contributed by atoms with Gasteiger partial charge < -0.3 is 4.74 Å². The average molecular weight is 409 g/mol. The normalized spacial score (nSPS) is 14.9. The monoisotopic (exact) mass is 409 g/mol. The zero-order valence-corrected chi connectivity index (χ0v) is 17.2. The Morgan fingerprint density at radius 2 is 2.07 bits per heavy atom. The van der Waals surface area contributed by atoms with Crippen molar-refractivity contribution in [1.29, 1.82) is 0 Å². The maximum atomic E-state index is 13.1. The predicted molar refractivity (Wildman–Crippen MR) is 111 cm³/mol. The zero-order valence-electron chi connectivity index (χ0n) is 16.4. The van der Waals surface area contributed by atoms with Crippen LogP contribution in [0.15, 0.2) is 58.5 Å². The van der Waals surface area contributed by atoms with Gasteiger partial charge in [0.2, 0.25) is 11.1 Å². The van der Waals surface area contributed by atoms with Crippen LogP contribution in [0.1, 0.15) is 25.1 Å². The smallest absolute Gasteiger partial charge is 0.325 e. The lowest BCUT2D eigenvalue weighted by Gasteiger charge is -2.32. The third-order valence-corrected chi connectivity index (χ3v) is 5.48. The van der Waals surface area contributed by atoms with Gasteiger partial charge in [-0.1, -0.05) is 36.9 Å². The topological polar surface area (TPSA) is 79.2 Å². The van der Waals surface area contributed by atoms with Crippen LogP contribution < -0.4 is 19.9 Å². The number of hydrogen-bond donors (Lipinski definition) is 1. The second-order valence-corrected chi connectivity index (χ2v) is 7.34. The summed E-state index contributed by atoms with van der Waals surface area (Å²) in [6.45, 7) is 1.83. The van der Waals surface area contributed by atoms with Crippen LogP contribution in [0.5, 0.6) is 5.75 Å². The fourth-order valence-electron chi connectivity index (χ4n) is 3.61. The maximum Gasteiger partial charge on any atom is 0.325 e. The molecular formula is C21H21N4O3S+. The minimum Gasteiger partial charge on any atom is -0.497 e. The summed E-state index contributed by atoms with van der Waals surface area (Å²) in [5.41, 5.74) is 2.35. The molecule has 0 spiro atoms. The Morgan fingerprint density at radius 3 is 2.79 bits per heavy atom. The summed E-state index contributed by atoms with van der Waals surface area (Å²) in [6, 6.07) is 14.9. The Labute approximate surface area is 172 Å². The molecule has 0 radical (unpaired) electrons. The van der Waals surface area contributed by atoms with Gasteiger partial charge in [-0.2, -0.15) is 0 Å². The fourth-order valence-corrected chi connectivity index (χ4v) is 3.97. The first kappa shape index (κ1) is 19.2. The molecule has 8 heteroatoms. The molecule has 0 saturated heterocycles. The number of H-pyrrole nitrogens is 1. The van der Waals surface area contributed by atoms with Crippen molar-refractivity contribution in [2.45, 2.75) is 24.7 Å². The SMILES string of the molecule is CCC(=O)N1c2ccccc2-c2c(=O)[nH]c(SC)n[n+]2[C@@H]1c1cccc(OC)c1. The van der Waals surface area contributed by atoms with E-state index in [2.05, 4.69) is 10.1 Å². The van der Waals surface area contributed by atoms with Crippen LogP contribution in [-0.4, -0.2) is 29.4 Å². The van der Waals surface area contributed by atoms with Gasteiger partial charge in [-0.25, -0.2) is 4.90 Å². The minimum atomic E-state index is -0.601. The molecule has 1 amide bonds. The van der Waals surface area contributed by atoms with Gasteiger partial charge in [0.15, 0.2) is 0 Å². The van der Waals surface area contributed by atoms with E-state index in [0.717, 1.165) is 5.56 Å². The van der Waals surface area contributed by atoms with Crippen molar-refractivity contribution in [3.8, 4) is 17.0 Å². The van der Waals surface area contributed by atoms with Crippen molar-refractivity contribution in [3.05, 3.63) is 64.4 Å². The summed E-state index contributed by atoms with van der Waals surface area (Å²) in [5, 5.41) is 5.14. The quantitative estimate of drug-likeness (QED) is 0.530. The molecule has 2 heterocycles. The number of thioether (sulfide) groups is 1. The van der Waals surface area contributed by atoms with E-state index in [-0.39, 0.29) is 11.5 Å². The van der Waals surface area contributed by atoms with Gasteiger partial charge in [0.05, 0.1) is 18.4 Å². The zero-order chi connectivity index (χ0) is 20.5. The summed E-state index contributed by atoms with van der Waals surface area (Å²) >= 11 is 1.34. The third-order valence-electron chi connectivity index (χ3n) is 4.91. The van der Waals surface area contributed by atoms with Gasteiger partial charge in [-0.15, -0.1) is 0 Å². The summed E-state index contributed by atoms with van der Waals surface area (Å²) in [4.78, 5) is 30.6. The summed E-state index contributed by atoms with van der Waals surface area (Å²) in [7, 11) is 1.60. The van der Waals surface area contributed by atoms with E-state index in [9.17, 15) is 9.59 Å². The number of carbonyl (C=O) groups is 1. The standard InChI is InChI=1S/C21H20N4O3S/c1-4-17(26)24-16-11-6-5-10-15(16)18-19(27)22-21(29-3)23-25(18)20(24)13-8-7-9-14(12-13)28-2/h5-12,20H,4H2,1-3H3/p+1/t20-/m1/s1. The van der Waals surface area contributed by atoms with Crippen molar-refractivity contribution in [2.75, 3.05) is 18.3 Å². The van der Waals surface area contributed by atoms with E-state index >= 15 is 0 Å². The molecule has 0 fully saturated rings. The van der Waals surface area contributed by atoms with Crippen molar-refractivity contribution < 1.29 is 14.2 Å². The van der Waals surface area contributed by atoms with E-state index in [1.54, 1.807) is 16.7 Å². The highest BCUT2D eigenvalue weighted by atomic mass is 32.2.